The first kappa shape index (κ1) is 33.5. The fourth-order valence-electron chi connectivity index (χ4n) is 6.49. The fraction of sp³-hybridized carbons (Fsp3) is 0.389. The van der Waals surface area contributed by atoms with Crippen LogP contribution in [0.5, 0.6) is 0 Å². The second kappa shape index (κ2) is 13.5. The zero-order valence-corrected chi connectivity index (χ0v) is 29.2. The number of rotatable bonds is 8. The van der Waals surface area contributed by atoms with E-state index in [-0.39, 0.29) is 24.8 Å². The Kier molecular flexibility index (Phi) is 9.80. The number of nitrogens with one attached hydrogen (secondary N) is 2. The minimum Gasteiger partial charge on any atom is -0.469 e. The Morgan fingerprint density at radius 2 is 1.17 bits per heavy atom. The molecular weight excluding hydrogens is 623 g/mol. The topological polar surface area (TPSA) is 110 Å². The molecule has 3 aromatic rings. The van der Waals surface area contributed by atoms with Crippen molar-refractivity contribution < 1.29 is 19.1 Å². The third-order valence-corrected chi connectivity index (χ3v) is 10.0. The molecule has 3 aromatic heterocycles. The molecule has 2 N–H and O–H groups in total. The summed E-state index contributed by atoms with van der Waals surface area (Å²) in [6.07, 6.45) is 2.72. The van der Waals surface area contributed by atoms with Crippen LogP contribution in [0.4, 0.5) is 0 Å². The molecular formula is C36H40Cl2N4O4. The highest BCUT2D eigenvalue weighted by atomic mass is 35.5. The molecule has 0 aromatic carbocycles. The van der Waals surface area contributed by atoms with Gasteiger partial charge in [0.2, 0.25) is 0 Å². The quantitative estimate of drug-likeness (QED) is 0.233. The number of methoxy groups -OCH3 is 2. The summed E-state index contributed by atoms with van der Waals surface area (Å²) < 4.78 is 9.91. The maximum Gasteiger partial charge on any atom is 0.305 e. The van der Waals surface area contributed by atoms with E-state index in [1.165, 1.54) is 14.2 Å². The van der Waals surface area contributed by atoms with E-state index in [9.17, 15) is 9.59 Å². The van der Waals surface area contributed by atoms with Gasteiger partial charge in [0.15, 0.2) is 0 Å². The maximum absolute atomic E-state index is 12.2. The first-order chi connectivity index (χ1) is 21.9. The average molecular weight is 664 g/mol. The number of carbonyl (C=O) groups is 2. The number of hydrogen-bond donors (Lipinski definition) is 2. The van der Waals surface area contributed by atoms with Crippen molar-refractivity contribution in [3.05, 3.63) is 67.2 Å². The number of aromatic amines is 2. The second-order valence-electron chi connectivity index (χ2n) is 11.7. The minimum atomic E-state index is -0.319. The highest BCUT2D eigenvalue weighted by Gasteiger charge is 2.25. The van der Waals surface area contributed by atoms with Gasteiger partial charge in [-0.1, -0.05) is 37.0 Å². The lowest BCUT2D eigenvalue weighted by atomic mass is 9.99. The molecule has 0 atom stereocenters. The van der Waals surface area contributed by atoms with Crippen molar-refractivity contribution in [3.8, 4) is 0 Å². The molecule has 0 amide bonds. The molecule has 10 heteroatoms. The van der Waals surface area contributed by atoms with Gasteiger partial charge in [-0.3, -0.25) is 9.59 Å². The monoisotopic (exact) mass is 662 g/mol. The Morgan fingerprint density at radius 1 is 0.696 bits per heavy atom. The molecule has 0 aliphatic carbocycles. The zero-order valence-electron chi connectivity index (χ0n) is 27.7. The molecule has 0 radical (unpaired) electrons. The molecule has 5 rings (SSSR count). The van der Waals surface area contributed by atoms with Crippen molar-refractivity contribution in [3.63, 3.8) is 0 Å². The van der Waals surface area contributed by atoms with E-state index < -0.39 is 0 Å². The van der Waals surface area contributed by atoms with Crippen molar-refractivity contribution in [1.29, 1.82) is 0 Å². The fourth-order valence-corrected chi connectivity index (χ4v) is 7.12. The van der Waals surface area contributed by atoms with Gasteiger partial charge in [-0.25, -0.2) is 9.97 Å². The smallest absolute Gasteiger partial charge is 0.305 e. The summed E-state index contributed by atoms with van der Waals surface area (Å²) in [5.41, 5.74) is 14.1. The summed E-state index contributed by atoms with van der Waals surface area (Å²) in [5.74, 6) is -0.629. The van der Waals surface area contributed by atoms with Crippen LogP contribution < -0.4 is 0 Å². The number of aryl methyl sites for hydroxylation is 4. The van der Waals surface area contributed by atoms with Gasteiger partial charge < -0.3 is 19.4 Å². The Bertz CT molecular complexity index is 2000. The molecule has 242 valence electrons. The molecule has 8 nitrogen and oxygen atoms in total. The Labute approximate surface area is 279 Å². The lowest BCUT2D eigenvalue weighted by Crippen LogP contribution is -2.02. The Morgan fingerprint density at radius 3 is 1.70 bits per heavy atom. The lowest BCUT2D eigenvalue weighted by molar-refractivity contribution is -0.141. The van der Waals surface area contributed by atoms with Crippen LogP contribution in [0.3, 0.4) is 0 Å². The highest BCUT2D eigenvalue weighted by molar-refractivity contribution is 6.36. The molecule has 2 aliphatic rings. The molecule has 0 saturated heterocycles. The number of nitrogens with zero attached hydrogens (tertiary/aromatic N) is 2. The number of H-pyrrole nitrogens is 2. The number of ether oxygens (including phenoxy) is 2. The number of aromatic nitrogens is 4. The Balaban J connectivity index is 1.97. The third kappa shape index (κ3) is 5.89. The van der Waals surface area contributed by atoms with E-state index in [0.29, 0.717) is 39.8 Å². The molecule has 0 saturated carbocycles. The lowest BCUT2D eigenvalue weighted by Gasteiger charge is -2.07. The van der Waals surface area contributed by atoms with Gasteiger partial charge in [-0.05, 0) is 110 Å². The number of hydrogen-bond acceptors (Lipinski definition) is 6. The third-order valence-electron chi connectivity index (χ3n) is 9.28. The van der Waals surface area contributed by atoms with Crippen molar-refractivity contribution in [2.24, 2.45) is 0 Å². The zero-order chi connectivity index (χ0) is 33.4. The van der Waals surface area contributed by atoms with Gasteiger partial charge in [-0.2, -0.15) is 0 Å². The van der Waals surface area contributed by atoms with E-state index in [0.717, 1.165) is 85.3 Å². The van der Waals surface area contributed by atoms with Crippen LogP contribution in [0, 0.1) is 13.8 Å². The van der Waals surface area contributed by atoms with Crippen molar-refractivity contribution in [2.45, 2.75) is 80.1 Å². The van der Waals surface area contributed by atoms with Crippen LogP contribution in [0.1, 0.15) is 98.4 Å². The van der Waals surface area contributed by atoms with Crippen LogP contribution in [0.15, 0.2) is 12.1 Å². The van der Waals surface area contributed by atoms with E-state index in [4.69, 9.17) is 42.6 Å². The summed E-state index contributed by atoms with van der Waals surface area (Å²) in [4.78, 5) is 41.8. The van der Waals surface area contributed by atoms with Gasteiger partial charge in [0.05, 0.1) is 58.1 Å². The molecule has 46 heavy (non-hydrogen) atoms. The first-order valence-corrected chi connectivity index (χ1v) is 16.4. The van der Waals surface area contributed by atoms with Gasteiger partial charge in [0, 0.05) is 23.9 Å². The largest absolute Gasteiger partial charge is 0.469 e. The summed E-state index contributed by atoms with van der Waals surface area (Å²) >= 11 is 14.5. The number of fused-ring (bicyclic) bond motifs is 8. The molecule has 2 aliphatic heterocycles. The maximum atomic E-state index is 12.2. The normalized spacial score (nSPS) is 13.1. The van der Waals surface area contributed by atoms with Gasteiger partial charge in [-0.15, -0.1) is 0 Å². The van der Waals surface area contributed by atoms with Crippen molar-refractivity contribution in [1.82, 2.24) is 19.9 Å². The number of carbonyl (C=O) groups excluding carboxylic acids is 2. The Hall–Kier alpha value is -3.88. The van der Waals surface area contributed by atoms with Crippen LogP contribution >= 0.6 is 23.2 Å². The van der Waals surface area contributed by atoms with Crippen LogP contribution in [-0.2, 0) is 31.9 Å². The molecule has 5 heterocycles. The van der Waals surface area contributed by atoms with Crippen molar-refractivity contribution >= 4 is 79.5 Å². The summed E-state index contributed by atoms with van der Waals surface area (Å²) in [6, 6.07) is 4.04. The number of allylic oxidation sites excluding steroid dienone is 4. The molecule has 8 bridgehead atoms. The van der Waals surface area contributed by atoms with Gasteiger partial charge in [0.25, 0.3) is 0 Å². The van der Waals surface area contributed by atoms with E-state index in [1.807, 2.05) is 19.9 Å². The van der Waals surface area contributed by atoms with E-state index in [2.05, 4.69) is 43.7 Å². The average Bonchev–Trinajstić information content (AvgIpc) is 3.74. The van der Waals surface area contributed by atoms with E-state index in [1.54, 1.807) is 0 Å². The highest BCUT2D eigenvalue weighted by Crippen LogP contribution is 2.42. The van der Waals surface area contributed by atoms with Crippen LogP contribution in [0.25, 0.3) is 44.4 Å². The predicted molar refractivity (Wildman–Crippen MR) is 187 cm³/mol. The summed E-state index contributed by atoms with van der Waals surface area (Å²) in [6.45, 7) is 12.4. The van der Waals surface area contributed by atoms with E-state index >= 15 is 0 Å². The first-order valence-electron chi connectivity index (χ1n) is 15.6. The van der Waals surface area contributed by atoms with Gasteiger partial charge >= 0.3 is 11.9 Å². The summed E-state index contributed by atoms with van der Waals surface area (Å²) in [5, 5.41) is 0.992. The molecule has 0 spiro atoms. The SMILES string of the molecule is CCC1=C(C)c2cc3nc(c(Cl)c4[nH]c(cc5[nH]c(c(Cl)c1n2)c(CC)c5C)c(C)c4CCC(=O)OC)C(CCC(=O)OC)=C3C. The standard InChI is InChI=1S/C36H40Cl2N4O4/c1-9-21-17(3)25-15-27-19(5)23(11-13-29(43)45-7)35(41-27)32(38)36-24(12-14-30(44)46-8)20(6)28(42-36)16-26-18(4)22(10-2)34(40-26)31(37)33(21)39-25/h15-16,39,41H,9-14H2,1-8H3. The number of esters is 2. The van der Waals surface area contributed by atoms with Crippen LogP contribution in [0.2, 0.25) is 10.0 Å². The van der Waals surface area contributed by atoms with Crippen molar-refractivity contribution in [2.75, 3.05) is 14.2 Å². The minimum absolute atomic E-state index is 0.175. The summed E-state index contributed by atoms with van der Waals surface area (Å²) in [7, 11) is 2.76. The predicted octanol–water partition coefficient (Wildman–Crippen LogP) is 9.13. The van der Waals surface area contributed by atoms with Gasteiger partial charge in [0.1, 0.15) is 0 Å². The molecule has 0 fully saturated rings. The second-order valence-corrected chi connectivity index (χ2v) is 12.5. The molecule has 0 unspecified atom stereocenters. The van der Waals surface area contributed by atoms with Crippen LogP contribution in [-0.4, -0.2) is 46.1 Å². The number of halogens is 2.